The average Bonchev–Trinajstić information content (AvgIpc) is 3.35. The molecule has 6 nitrogen and oxygen atoms in total. The van der Waals surface area contributed by atoms with Crippen LogP contribution in [0.3, 0.4) is 0 Å². The van der Waals surface area contributed by atoms with E-state index >= 15 is 0 Å². The zero-order valence-corrected chi connectivity index (χ0v) is 15.6. The molecule has 0 saturated carbocycles. The highest BCUT2D eigenvalue weighted by Gasteiger charge is 2.14. The number of carbonyl (C=O) groups is 1. The topological polar surface area (TPSA) is 69.9 Å². The van der Waals surface area contributed by atoms with Crippen LogP contribution in [0.1, 0.15) is 5.56 Å². The summed E-state index contributed by atoms with van der Waals surface area (Å²) in [6, 6.07) is 16.9. The van der Waals surface area contributed by atoms with Crippen LogP contribution in [-0.4, -0.2) is 19.8 Å². The lowest BCUT2D eigenvalue weighted by molar-refractivity contribution is -0.111. The number of hydrogen-bond donors (Lipinski definition) is 1. The third kappa shape index (κ3) is 3.14. The average molecular weight is 387 g/mol. The van der Waals surface area contributed by atoms with Gasteiger partial charge in [-0.25, -0.2) is 0 Å². The Morgan fingerprint density at radius 3 is 2.76 bits per heavy atom. The second-order valence-electron chi connectivity index (χ2n) is 6.58. The number of nitrogens with one attached hydrogen (secondary N) is 1. The summed E-state index contributed by atoms with van der Waals surface area (Å²) in [6.07, 6.45) is 3.17. The zero-order valence-electron chi connectivity index (χ0n) is 15.6. The number of benzene rings is 3. The molecule has 3 aromatic carbocycles. The number of methoxy groups -OCH3 is 1. The Kier molecular flexibility index (Phi) is 4.09. The Morgan fingerprint density at radius 2 is 1.86 bits per heavy atom. The highest BCUT2D eigenvalue weighted by Crippen LogP contribution is 2.36. The van der Waals surface area contributed by atoms with E-state index in [2.05, 4.69) is 5.32 Å². The van der Waals surface area contributed by atoms with Gasteiger partial charge in [-0.1, -0.05) is 24.3 Å². The van der Waals surface area contributed by atoms with E-state index in [-0.39, 0.29) is 12.7 Å². The molecule has 0 radical (unpaired) electrons. The first-order valence-electron chi connectivity index (χ1n) is 9.09. The van der Waals surface area contributed by atoms with Crippen LogP contribution in [-0.2, 0) is 4.79 Å². The number of carbonyl (C=O) groups excluding carboxylic acids is 1. The van der Waals surface area contributed by atoms with Crippen molar-refractivity contribution in [2.45, 2.75) is 0 Å². The molecule has 2 heterocycles. The second-order valence-corrected chi connectivity index (χ2v) is 6.58. The molecule has 0 unspecified atom stereocenters. The Balaban J connectivity index is 1.41. The van der Waals surface area contributed by atoms with Crippen molar-refractivity contribution in [1.29, 1.82) is 0 Å². The molecular formula is C23H17NO5. The molecule has 4 aromatic rings. The van der Waals surface area contributed by atoms with Crippen molar-refractivity contribution in [1.82, 2.24) is 0 Å². The summed E-state index contributed by atoms with van der Waals surface area (Å²) < 4.78 is 22.0. The molecule has 1 N–H and O–H groups in total. The van der Waals surface area contributed by atoms with Gasteiger partial charge in [0.05, 0.1) is 12.8 Å². The predicted octanol–water partition coefficient (Wildman–Crippen LogP) is 4.98. The van der Waals surface area contributed by atoms with Crippen LogP contribution in [0, 0.1) is 0 Å². The zero-order chi connectivity index (χ0) is 19.8. The van der Waals surface area contributed by atoms with Gasteiger partial charge in [-0.15, -0.1) is 0 Å². The maximum absolute atomic E-state index is 12.5. The summed E-state index contributed by atoms with van der Waals surface area (Å²) >= 11 is 0. The molecule has 0 spiro atoms. The summed E-state index contributed by atoms with van der Waals surface area (Å²) in [5.74, 6) is 1.66. The summed E-state index contributed by atoms with van der Waals surface area (Å²) in [5, 5.41) is 4.79. The van der Waals surface area contributed by atoms with Crippen LogP contribution in [0.5, 0.6) is 17.2 Å². The molecule has 1 aromatic heterocycles. The van der Waals surface area contributed by atoms with Gasteiger partial charge in [0.15, 0.2) is 11.5 Å². The van der Waals surface area contributed by atoms with Crippen molar-refractivity contribution >= 4 is 39.6 Å². The monoisotopic (exact) mass is 387 g/mol. The molecule has 1 aliphatic heterocycles. The molecule has 0 bridgehead atoms. The highest BCUT2D eigenvalue weighted by molar-refractivity contribution is 6.09. The first-order chi connectivity index (χ1) is 14.2. The van der Waals surface area contributed by atoms with E-state index in [1.165, 1.54) is 6.08 Å². The number of amides is 1. The molecular weight excluding hydrogens is 370 g/mol. The summed E-state index contributed by atoms with van der Waals surface area (Å²) in [6.45, 7) is 0.215. The number of anilines is 1. The fraction of sp³-hybridized carbons (Fsp3) is 0.0870. The van der Waals surface area contributed by atoms with Crippen LogP contribution < -0.4 is 19.5 Å². The Morgan fingerprint density at radius 1 is 1.00 bits per heavy atom. The first-order valence-corrected chi connectivity index (χ1v) is 9.09. The van der Waals surface area contributed by atoms with E-state index in [1.807, 2.05) is 48.5 Å². The highest BCUT2D eigenvalue weighted by atomic mass is 16.7. The van der Waals surface area contributed by atoms with Crippen molar-refractivity contribution in [3.63, 3.8) is 0 Å². The number of furan rings is 1. The molecule has 144 valence electrons. The molecule has 6 heteroatoms. The number of hydrogen-bond acceptors (Lipinski definition) is 5. The van der Waals surface area contributed by atoms with Crippen molar-refractivity contribution in [2.75, 3.05) is 19.2 Å². The fourth-order valence-corrected chi connectivity index (χ4v) is 3.38. The molecule has 1 aliphatic rings. The van der Waals surface area contributed by atoms with Crippen LogP contribution in [0.15, 0.2) is 65.1 Å². The molecule has 5 rings (SSSR count). The van der Waals surface area contributed by atoms with Gasteiger partial charge < -0.3 is 23.9 Å². The van der Waals surface area contributed by atoms with Crippen molar-refractivity contribution in [3.05, 3.63) is 66.2 Å². The molecule has 0 atom stereocenters. The molecule has 0 saturated heterocycles. The van der Waals surface area contributed by atoms with E-state index in [4.69, 9.17) is 18.6 Å². The summed E-state index contributed by atoms with van der Waals surface area (Å²) in [7, 11) is 1.57. The van der Waals surface area contributed by atoms with E-state index in [1.54, 1.807) is 19.3 Å². The molecule has 29 heavy (non-hydrogen) atoms. The van der Waals surface area contributed by atoms with Gasteiger partial charge in [0.2, 0.25) is 12.7 Å². The lowest BCUT2D eigenvalue weighted by Gasteiger charge is -2.09. The van der Waals surface area contributed by atoms with Gasteiger partial charge in [-0.05, 0) is 35.9 Å². The largest absolute Gasteiger partial charge is 0.495 e. The van der Waals surface area contributed by atoms with Gasteiger partial charge in [0.25, 0.3) is 0 Å². The lowest BCUT2D eigenvalue weighted by Crippen LogP contribution is -2.08. The first kappa shape index (κ1) is 17.2. The second kappa shape index (κ2) is 6.91. The van der Waals surface area contributed by atoms with Crippen molar-refractivity contribution < 1.29 is 23.4 Å². The third-order valence-electron chi connectivity index (χ3n) is 4.78. The molecule has 0 fully saturated rings. The minimum absolute atomic E-state index is 0.215. The maximum Gasteiger partial charge on any atom is 0.248 e. The smallest absolute Gasteiger partial charge is 0.248 e. The van der Waals surface area contributed by atoms with Crippen LogP contribution in [0.4, 0.5) is 5.69 Å². The number of rotatable bonds is 4. The Bertz CT molecular complexity index is 1270. The van der Waals surface area contributed by atoms with Crippen LogP contribution in [0.25, 0.3) is 28.0 Å². The maximum atomic E-state index is 12.5. The van der Waals surface area contributed by atoms with Gasteiger partial charge in [0, 0.05) is 22.9 Å². The van der Waals surface area contributed by atoms with E-state index in [0.717, 1.165) is 21.9 Å². The Hall–Kier alpha value is -3.93. The fourth-order valence-electron chi connectivity index (χ4n) is 3.38. The summed E-state index contributed by atoms with van der Waals surface area (Å²) in [5.41, 5.74) is 2.85. The number of para-hydroxylation sites is 1. The standard InChI is InChI=1S/C23H17NO5/c1-26-21-11-16-15-4-2-3-5-18(15)29-20(16)12-17(21)24-23(25)9-7-14-6-8-19-22(10-14)28-13-27-19/h2-12H,13H2,1H3,(H,24,25). The van der Waals surface area contributed by atoms with Crippen molar-refractivity contribution in [2.24, 2.45) is 0 Å². The van der Waals surface area contributed by atoms with E-state index < -0.39 is 0 Å². The minimum Gasteiger partial charge on any atom is -0.495 e. The quantitative estimate of drug-likeness (QED) is 0.501. The number of ether oxygens (including phenoxy) is 3. The van der Waals surface area contributed by atoms with Gasteiger partial charge >= 0.3 is 0 Å². The van der Waals surface area contributed by atoms with Crippen LogP contribution in [0.2, 0.25) is 0 Å². The Labute approximate surface area is 166 Å². The lowest BCUT2D eigenvalue weighted by atomic mass is 10.1. The summed E-state index contributed by atoms with van der Waals surface area (Å²) in [4.78, 5) is 12.5. The molecule has 0 aliphatic carbocycles. The third-order valence-corrected chi connectivity index (χ3v) is 4.78. The number of fused-ring (bicyclic) bond motifs is 4. The molecule has 1 amide bonds. The van der Waals surface area contributed by atoms with Crippen LogP contribution >= 0.6 is 0 Å². The minimum atomic E-state index is -0.281. The van der Waals surface area contributed by atoms with Crippen molar-refractivity contribution in [3.8, 4) is 17.2 Å². The normalized spacial score (nSPS) is 12.7. The van der Waals surface area contributed by atoms with Gasteiger partial charge in [-0.3, -0.25) is 4.79 Å². The predicted molar refractivity (Wildman–Crippen MR) is 111 cm³/mol. The van der Waals surface area contributed by atoms with Gasteiger partial charge in [-0.2, -0.15) is 0 Å². The van der Waals surface area contributed by atoms with E-state index in [0.29, 0.717) is 28.5 Å². The van der Waals surface area contributed by atoms with Gasteiger partial charge in [0.1, 0.15) is 16.9 Å². The van der Waals surface area contributed by atoms with E-state index in [9.17, 15) is 4.79 Å². The SMILES string of the molecule is COc1cc2c(cc1NC(=O)C=Cc1ccc3c(c1)OCO3)oc1ccccc12.